The van der Waals surface area contributed by atoms with Gasteiger partial charge in [-0.05, 0) is 44.2 Å². The first kappa shape index (κ1) is 17.6. The van der Waals surface area contributed by atoms with E-state index in [0.29, 0.717) is 5.92 Å². The fraction of sp³-hybridized carbons (Fsp3) is 0.429. The Morgan fingerprint density at radius 3 is 2.41 bits per heavy atom. The van der Waals surface area contributed by atoms with Gasteiger partial charge in [-0.3, -0.25) is 0 Å². The summed E-state index contributed by atoms with van der Waals surface area (Å²) < 4.78 is 2.29. The number of benzene rings is 1. The van der Waals surface area contributed by atoms with Crippen LogP contribution in [-0.4, -0.2) is 37.8 Å². The Bertz CT molecular complexity index is 853. The zero-order chi connectivity index (χ0) is 18.6. The molecule has 1 fully saturated rings. The lowest BCUT2D eigenvalue weighted by atomic mass is 9.93. The summed E-state index contributed by atoms with van der Waals surface area (Å²) in [7, 11) is 0. The summed E-state index contributed by atoms with van der Waals surface area (Å²) in [4.78, 5) is 11.0. The molecule has 140 valence electrons. The van der Waals surface area contributed by atoms with Gasteiger partial charge in [0.15, 0.2) is 0 Å². The van der Waals surface area contributed by atoms with Crippen molar-refractivity contribution >= 4 is 5.95 Å². The van der Waals surface area contributed by atoms with Crippen LogP contribution < -0.4 is 4.90 Å². The number of anilines is 1. The van der Waals surface area contributed by atoms with Crippen molar-refractivity contribution in [3.8, 4) is 0 Å². The van der Waals surface area contributed by atoms with Crippen molar-refractivity contribution in [2.75, 3.05) is 18.0 Å². The number of rotatable bonds is 5. The first-order valence-corrected chi connectivity index (χ1v) is 9.69. The molecule has 0 radical (unpaired) electrons. The maximum Gasteiger partial charge on any atom is 0.225 e. The Morgan fingerprint density at radius 2 is 1.70 bits per heavy atom. The largest absolute Gasteiger partial charge is 0.341 e. The molecule has 1 atom stereocenters. The molecule has 1 unspecified atom stereocenters. The highest BCUT2D eigenvalue weighted by Crippen LogP contribution is 2.26. The van der Waals surface area contributed by atoms with Gasteiger partial charge < -0.3 is 9.47 Å². The molecule has 0 amide bonds. The lowest BCUT2D eigenvalue weighted by Crippen LogP contribution is -2.35. The first-order valence-electron chi connectivity index (χ1n) is 9.69. The molecule has 2 aromatic heterocycles. The molecular weight excluding hydrogens is 336 g/mol. The van der Waals surface area contributed by atoms with E-state index in [1.54, 1.807) is 0 Å². The smallest absolute Gasteiger partial charge is 0.225 e. The van der Waals surface area contributed by atoms with Gasteiger partial charge in [0.2, 0.25) is 5.95 Å². The van der Waals surface area contributed by atoms with Crippen LogP contribution in [0.25, 0.3) is 0 Å². The van der Waals surface area contributed by atoms with Crippen molar-refractivity contribution in [2.24, 2.45) is 5.92 Å². The second-order valence-corrected chi connectivity index (χ2v) is 7.30. The molecule has 1 aromatic carbocycles. The van der Waals surface area contributed by atoms with E-state index in [2.05, 4.69) is 66.9 Å². The predicted molar refractivity (Wildman–Crippen MR) is 106 cm³/mol. The van der Waals surface area contributed by atoms with E-state index >= 15 is 0 Å². The molecule has 1 aliphatic rings. The molecule has 3 aromatic rings. The van der Waals surface area contributed by atoms with Crippen molar-refractivity contribution in [3.05, 3.63) is 66.0 Å². The van der Waals surface area contributed by atoms with Gasteiger partial charge in [-0.15, -0.1) is 10.2 Å². The highest BCUT2D eigenvalue weighted by molar-refractivity contribution is 5.29. The maximum absolute atomic E-state index is 4.51. The van der Waals surface area contributed by atoms with Gasteiger partial charge in [-0.2, -0.15) is 0 Å². The lowest BCUT2D eigenvalue weighted by molar-refractivity contribution is 0.385. The van der Waals surface area contributed by atoms with Gasteiger partial charge in [0.05, 0.1) is 6.04 Å². The Kier molecular flexibility index (Phi) is 5.14. The molecule has 0 N–H and O–H groups in total. The minimum absolute atomic E-state index is 0.244. The van der Waals surface area contributed by atoms with Crippen molar-refractivity contribution in [1.29, 1.82) is 0 Å². The average molecular weight is 362 g/mol. The van der Waals surface area contributed by atoms with Crippen molar-refractivity contribution < 1.29 is 0 Å². The van der Waals surface area contributed by atoms with Gasteiger partial charge in [0.1, 0.15) is 11.6 Å². The monoisotopic (exact) mass is 362 g/mol. The lowest BCUT2D eigenvalue weighted by Gasteiger charge is -2.32. The van der Waals surface area contributed by atoms with Crippen molar-refractivity contribution in [1.82, 2.24) is 24.7 Å². The Labute approximate surface area is 160 Å². The van der Waals surface area contributed by atoms with Crippen molar-refractivity contribution in [3.63, 3.8) is 0 Å². The van der Waals surface area contributed by atoms with E-state index in [-0.39, 0.29) is 6.04 Å². The zero-order valence-corrected chi connectivity index (χ0v) is 16.0. The normalized spacial score (nSPS) is 16.4. The van der Waals surface area contributed by atoms with E-state index in [1.165, 1.54) is 5.56 Å². The van der Waals surface area contributed by atoms with Crippen LogP contribution in [0, 0.1) is 12.8 Å². The third-order valence-corrected chi connectivity index (χ3v) is 5.53. The fourth-order valence-electron chi connectivity index (χ4n) is 3.99. The van der Waals surface area contributed by atoms with Crippen LogP contribution in [-0.2, 0) is 6.42 Å². The Morgan fingerprint density at radius 1 is 1.00 bits per heavy atom. The number of piperidine rings is 1. The third-order valence-electron chi connectivity index (χ3n) is 5.53. The standard InChI is InChI=1S/C21H26N6/c1-16(19-7-4-3-5-8-19)27-17(2)24-25-20(27)15-18-9-13-26(14-10-18)21-22-11-6-12-23-21/h3-8,11-12,16,18H,9-10,13-15H2,1-2H3. The van der Waals surface area contributed by atoms with Crippen LogP contribution in [0.2, 0.25) is 0 Å². The van der Waals surface area contributed by atoms with Gasteiger partial charge in [0, 0.05) is 31.9 Å². The second kappa shape index (κ2) is 7.86. The summed E-state index contributed by atoms with van der Waals surface area (Å²) in [6, 6.07) is 12.7. The average Bonchev–Trinajstić information content (AvgIpc) is 3.09. The molecule has 6 heteroatoms. The molecular formula is C21H26N6. The highest BCUT2D eigenvalue weighted by atomic mass is 15.3. The predicted octanol–water partition coefficient (Wildman–Crippen LogP) is 3.44. The van der Waals surface area contributed by atoms with Gasteiger partial charge >= 0.3 is 0 Å². The van der Waals surface area contributed by atoms with Crippen LogP contribution in [0.15, 0.2) is 48.8 Å². The molecule has 1 aliphatic heterocycles. The molecule has 6 nitrogen and oxygen atoms in total. The third kappa shape index (κ3) is 3.84. The maximum atomic E-state index is 4.51. The topological polar surface area (TPSA) is 59.7 Å². The van der Waals surface area contributed by atoms with Crippen LogP contribution in [0.4, 0.5) is 5.95 Å². The van der Waals surface area contributed by atoms with Crippen LogP contribution in [0.1, 0.15) is 43.0 Å². The summed E-state index contributed by atoms with van der Waals surface area (Å²) in [6.07, 6.45) is 6.85. The van der Waals surface area contributed by atoms with E-state index < -0.39 is 0 Å². The number of nitrogens with zero attached hydrogens (tertiary/aromatic N) is 6. The molecule has 4 rings (SSSR count). The van der Waals surface area contributed by atoms with E-state index in [9.17, 15) is 0 Å². The molecule has 1 saturated heterocycles. The van der Waals surface area contributed by atoms with E-state index in [0.717, 1.165) is 49.9 Å². The molecule has 27 heavy (non-hydrogen) atoms. The quantitative estimate of drug-likeness (QED) is 0.696. The summed E-state index contributed by atoms with van der Waals surface area (Å²) in [5.41, 5.74) is 1.29. The second-order valence-electron chi connectivity index (χ2n) is 7.30. The summed E-state index contributed by atoms with van der Waals surface area (Å²) in [6.45, 7) is 6.27. The molecule has 0 aliphatic carbocycles. The minimum atomic E-state index is 0.244. The highest BCUT2D eigenvalue weighted by Gasteiger charge is 2.24. The van der Waals surface area contributed by atoms with E-state index in [1.807, 2.05) is 25.4 Å². The molecule has 0 saturated carbocycles. The molecule has 3 heterocycles. The van der Waals surface area contributed by atoms with Gasteiger partial charge in [-0.25, -0.2) is 9.97 Å². The summed E-state index contributed by atoms with van der Waals surface area (Å²) in [5, 5.41) is 8.88. The zero-order valence-electron chi connectivity index (χ0n) is 16.0. The Hall–Kier alpha value is -2.76. The molecule has 0 spiro atoms. The first-order chi connectivity index (χ1) is 13.2. The van der Waals surface area contributed by atoms with Gasteiger partial charge in [0.25, 0.3) is 0 Å². The van der Waals surface area contributed by atoms with Crippen molar-refractivity contribution in [2.45, 2.75) is 39.2 Å². The van der Waals surface area contributed by atoms with E-state index in [4.69, 9.17) is 0 Å². The van der Waals surface area contributed by atoms with Gasteiger partial charge in [-0.1, -0.05) is 30.3 Å². The SMILES string of the molecule is Cc1nnc(CC2CCN(c3ncccn3)CC2)n1C(C)c1ccccc1. The van der Waals surface area contributed by atoms with Crippen LogP contribution in [0.3, 0.4) is 0 Å². The van der Waals surface area contributed by atoms with Crippen LogP contribution >= 0.6 is 0 Å². The Balaban J connectivity index is 1.44. The summed E-state index contributed by atoms with van der Waals surface area (Å²) >= 11 is 0. The fourth-order valence-corrected chi connectivity index (χ4v) is 3.99. The van der Waals surface area contributed by atoms with Crippen LogP contribution in [0.5, 0.6) is 0 Å². The minimum Gasteiger partial charge on any atom is -0.341 e. The summed E-state index contributed by atoms with van der Waals surface area (Å²) in [5.74, 6) is 3.54. The number of aromatic nitrogens is 5. The number of hydrogen-bond donors (Lipinski definition) is 0. The number of hydrogen-bond acceptors (Lipinski definition) is 5. The molecule has 0 bridgehead atoms. The number of aryl methyl sites for hydroxylation is 1.